The Balaban J connectivity index is 0.000000149. The third kappa shape index (κ3) is 5.11. The Morgan fingerprint density at radius 2 is 1.00 bits per heavy atom. The number of hydrogen-bond acceptors (Lipinski definition) is 5. The molecular weight excluding hydrogens is 342 g/mol. The zero-order valence-corrected chi connectivity index (χ0v) is 18.1. The lowest BCUT2D eigenvalue weighted by atomic mass is 9.46. The van der Waals surface area contributed by atoms with Gasteiger partial charge in [0, 0.05) is 0 Å². The average Bonchev–Trinajstić information content (AvgIpc) is 2.54. The second-order valence-corrected chi connectivity index (χ2v) is 10.6. The lowest BCUT2D eigenvalue weighted by molar-refractivity contribution is -0.0988. The molecule has 0 aromatic rings. The summed E-state index contributed by atoms with van der Waals surface area (Å²) in [6.07, 6.45) is 9.08. The van der Waals surface area contributed by atoms with Crippen LogP contribution in [0.2, 0.25) is 0 Å². The van der Waals surface area contributed by atoms with Crippen molar-refractivity contribution in [3.63, 3.8) is 0 Å². The van der Waals surface area contributed by atoms with Gasteiger partial charge >= 0.3 is 14.6 Å². The molecule has 156 valence electrons. The monoisotopic (exact) mass is 382 g/mol. The van der Waals surface area contributed by atoms with Crippen LogP contribution in [0.5, 0.6) is 0 Å². The van der Waals surface area contributed by atoms with Crippen molar-refractivity contribution < 1.29 is 24.7 Å². The molecule has 0 saturated heterocycles. The largest absolute Gasteiger partial charge is 0.621 e. The molecule has 4 N–H and O–H groups in total. The maximum absolute atomic E-state index is 7.74. The van der Waals surface area contributed by atoms with E-state index >= 15 is 0 Å². The minimum atomic E-state index is -2.13. The normalized spacial score (nSPS) is 39.3. The van der Waals surface area contributed by atoms with Crippen molar-refractivity contribution in [1.29, 1.82) is 0 Å². The van der Waals surface area contributed by atoms with E-state index in [1.807, 2.05) is 0 Å². The van der Waals surface area contributed by atoms with Crippen molar-refractivity contribution >= 4 is 14.6 Å². The van der Waals surface area contributed by atoms with Crippen LogP contribution in [0, 0.1) is 46.3 Å². The predicted molar refractivity (Wildman–Crippen MR) is 109 cm³/mol. The minimum absolute atomic E-state index is 0.706. The first-order valence-electron chi connectivity index (χ1n) is 10.7. The molecule has 0 amide bonds. The Kier molecular flexibility index (Phi) is 7.52. The van der Waals surface area contributed by atoms with Gasteiger partial charge < -0.3 is 24.7 Å². The molecule has 0 aromatic carbocycles. The highest BCUT2D eigenvalue weighted by Gasteiger charge is 2.53. The van der Waals surface area contributed by atoms with Gasteiger partial charge in [0.25, 0.3) is 0 Å². The fourth-order valence-electron chi connectivity index (χ4n) is 6.46. The van der Waals surface area contributed by atoms with Gasteiger partial charge in [-0.3, -0.25) is 0 Å². The van der Waals surface area contributed by atoms with Crippen molar-refractivity contribution in [2.45, 2.75) is 80.1 Å². The molecule has 4 bridgehead atoms. The lowest BCUT2D eigenvalue weighted by Gasteiger charge is -2.59. The van der Waals surface area contributed by atoms with Gasteiger partial charge in [0.1, 0.15) is 0 Å². The topological polar surface area (TPSA) is 90.2 Å². The van der Waals surface area contributed by atoms with Crippen LogP contribution in [0.15, 0.2) is 0 Å². The maximum atomic E-state index is 7.74. The zero-order chi connectivity index (χ0) is 20.6. The predicted octanol–water partition coefficient (Wildman–Crippen LogP) is 3.10. The molecular formula is C20H40B2O5. The highest BCUT2D eigenvalue weighted by Crippen LogP contribution is 2.61. The van der Waals surface area contributed by atoms with Crippen molar-refractivity contribution in [3.8, 4) is 0 Å². The molecule has 7 heteroatoms. The van der Waals surface area contributed by atoms with Crippen LogP contribution in [0.4, 0.5) is 0 Å². The molecule has 6 fully saturated rings. The fourth-order valence-corrected chi connectivity index (χ4v) is 6.46. The molecule has 0 radical (unpaired) electrons. The van der Waals surface area contributed by atoms with Crippen molar-refractivity contribution in [2.75, 3.05) is 0 Å². The lowest BCUT2D eigenvalue weighted by Crippen LogP contribution is -2.51. The first-order chi connectivity index (χ1) is 12.4. The first kappa shape index (κ1) is 23.2. The summed E-state index contributed by atoms with van der Waals surface area (Å²) in [6.45, 7) is 14.7. The molecule has 5 nitrogen and oxygen atoms in total. The summed E-state index contributed by atoms with van der Waals surface area (Å²) in [5.41, 5.74) is 1.41. The Labute approximate surface area is 166 Å². The number of hydrogen-bond donors (Lipinski definition) is 4. The van der Waals surface area contributed by atoms with E-state index in [1.54, 1.807) is 0 Å². The Morgan fingerprint density at radius 3 is 1.11 bits per heavy atom. The van der Waals surface area contributed by atoms with Gasteiger partial charge in [-0.15, -0.1) is 0 Å². The molecule has 0 aromatic heterocycles. The summed E-state index contributed by atoms with van der Waals surface area (Å²) in [5, 5.41) is 30.9. The molecule has 27 heavy (non-hydrogen) atoms. The van der Waals surface area contributed by atoms with E-state index in [1.165, 1.54) is 38.5 Å². The summed E-state index contributed by atoms with van der Waals surface area (Å²) in [5.74, 6) is 6.31. The van der Waals surface area contributed by atoms with Crippen molar-refractivity contribution in [3.05, 3.63) is 0 Å². The molecule has 6 atom stereocenters. The van der Waals surface area contributed by atoms with E-state index in [0.29, 0.717) is 10.8 Å². The molecule has 6 saturated carbocycles. The zero-order valence-electron chi connectivity index (χ0n) is 18.1. The highest BCUT2D eigenvalue weighted by atomic mass is 16.7. The highest BCUT2D eigenvalue weighted by molar-refractivity contribution is 6.48. The first-order valence-corrected chi connectivity index (χ1v) is 10.7. The quantitative estimate of drug-likeness (QED) is 0.551. The van der Waals surface area contributed by atoms with Crippen LogP contribution in [0.3, 0.4) is 0 Å². The van der Waals surface area contributed by atoms with Gasteiger partial charge in [-0.05, 0) is 72.0 Å². The summed E-state index contributed by atoms with van der Waals surface area (Å²) in [6, 6.07) is 0. The Bertz CT molecular complexity index is 437. The van der Waals surface area contributed by atoms with E-state index < -0.39 is 14.6 Å². The van der Waals surface area contributed by atoms with Gasteiger partial charge in [0.15, 0.2) is 0 Å². The number of rotatable bonds is 2. The molecule has 6 rings (SSSR count). The summed E-state index contributed by atoms with van der Waals surface area (Å²) in [4.78, 5) is 0. The second kappa shape index (κ2) is 8.74. The van der Waals surface area contributed by atoms with Gasteiger partial charge in [0.05, 0.1) is 0 Å². The van der Waals surface area contributed by atoms with Crippen LogP contribution in [-0.4, -0.2) is 34.7 Å². The van der Waals surface area contributed by atoms with E-state index in [2.05, 4.69) is 46.1 Å². The van der Waals surface area contributed by atoms with Gasteiger partial charge in [-0.2, -0.15) is 0 Å². The molecule has 0 aliphatic heterocycles. The summed E-state index contributed by atoms with van der Waals surface area (Å²) < 4.78 is 3.47. The molecule has 6 aliphatic rings. The third-order valence-electron chi connectivity index (χ3n) is 8.65. The summed E-state index contributed by atoms with van der Waals surface area (Å²) in [7, 11) is -4.25. The van der Waals surface area contributed by atoms with Crippen LogP contribution in [0.1, 0.15) is 80.1 Å². The van der Waals surface area contributed by atoms with Gasteiger partial charge in [-0.25, -0.2) is 0 Å². The smallest absolute Gasteiger partial charge is 0.402 e. The van der Waals surface area contributed by atoms with Gasteiger partial charge in [0.2, 0.25) is 0 Å². The van der Waals surface area contributed by atoms with E-state index in [-0.39, 0.29) is 0 Å². The Morgan fingerprint density at radius 1 is 0.667 bits per heavy atom. The Hall–Kier alpha value is -0.0701. The molecule has 6 unspecified atom stereocenters. The number of fused-ring (bicyclic) bond motifs is 4. The van der Waals surface area contributed by atoms with Gasteiger partial charge in [-0.1, -0.05) is 54.4 Å². The SMILES string of the molecule is CC1CCC2CC1C2(C)C.CC1CCC2CC1C2(C)C.OB(O)OB(O)O. The molecule has 0 heterocycles. The summed E-state index contributed by atoms with van der Waals surface area (Å²) >= 11 is 0. The van der Waals surface area contributed by atoms with E-state index in [4.69, 9.17) is 20.1 Å². The van der Waals surface area contributed by atoms with Crippen molar-refractivity contribution in [1.82, 2.24) is 0 Å². The maximum Gasteiger partial charge on any atom is 0.621 e. The third-order valence-corrected chi connectivity index (χ3v) is 8.65. The average molecular weight is 382 g/mol. The molecule has 6 aliphatic carbocycles. The standard InChI is InChI=1S/2C10H18.B2H4O5/c2*1-7-4-5-8-6-9(7)10(8,2)3;3-1(4)7-2(5)6/h2*7-9H,4-6H2,1-3H3;3-6H. The van der Waals surface area contributed by atoms with Crippen LogP contribution in [-0.2, 0) is 4.57 Å². The minimum Gasteiger partial charge on any atom is -0.402 e. The van der Waals surface area contributed by atoms with Crippen LogP contribution >= 0.6 is 0 Å². The fraction of sp³-hybridized carbons (Fsp3) is 1.00. The van der Waals surface area contributed by atoms with E-state index in [9.17, 15) is 0 Å². The molecule has 0 spiro atoms. The van der Waals surface area contributed by atoms with Crippen molar-refractivity contribution in [2.24, 2.45) is 46.3 Å². The second-order valence-electron chi connectivity index (χ2n) is 10.6. The van der Waals surface area contributed by atoms with Crippen LogP contribution < -0.4 is 0 Å². The van der Waals surface area contributed by atoms with E-state index in [0.717, 1.165) is 35.5 Å². The van der Waals surface area contributed by atoms with Crippen LogP contribution in [0.25, 0.3) is 0 Å².